The van der Waals surface area contributed by atoms with E-state index >= 15 is 0 Å². The zero-order chi connectivity index (χ0) is 7.28. The van der Waals surface area contributed by atoms with Crippen molar-refractivity contribution in [1.29, 1.82) is 0 Å². The van der Waals surface area contributed by atoms with E-state index in [0.717, 1.165) is 0 Å². The fourth-order valence-corrected chi connectivity index (χ4v) is 0.500. The van der Waals surface area contributed by atoms with E-state index in [0.29, 0.717) is 6.42 Å². The van der Waals surface area contributed by atoms with E-state index in [9.17, 15) is 0 Å². The monoisotopic (exact) mass is 129 g/mol. The van der Waals surface area contributed by atoms with Crippen LogP contribution in [0.3, 0.4) is 0 Å². The number of rotatable bonds is 3. The van der Waals surface area contributed by atoms with Gasteiger partial charge in [-0.25, -0.2) is 0 Å². The standard InChI is InChI=1S/C5H11N3O/c1-3-5(9)4(2)7-8-6/h4-5,9H,3H2,1-2H3/t4-,5-/m0/s1. The highest BCUT2D eigenvalue weighted by atomic mass is 16.3. The Balaban J connectivity index is 3.71. The predicted molar refractivity (Wildman–Crippen MR) is 34.9 cm³/mol. The maximum absolute atomic E-state index is 8.99. The zero-order valence-corrected chi connectivity index (χ0v) is 5.65. The van der Waals surface area contributed by atoms with Crippen LogP contribution in [0.4, 0.5) is 0 Å². The summed E-state index contributed by atoms with van der Waals surface area (Å²) in [6.07, 6.45) is 0.126. The number of aliphatic hydroxyl groups excluding tert-OH is 1. The van der Waals surface area contributed by atoms with Crippen molar-refractivity contribution in [2.45, 2.75) is 32.4 Å². The maximum atomic E-state index is 8.99. The van der Waals surface area contributed by atoms with Crippen molar-refractivity contribution in [3.05, 3.63) is 10.4 Å². The van der Waals surface area contributed by atoms with Gasteiger partial charge in [0.1, 0.15) is 0 Å². The topological polar surface area (TPSA) is 69.0 Å². The number of hydrogen-bond donors (Lipinski definition) is 1. The molecular weight excluding hydrogens is 118 g/mol. The molecule has 0 saturated carbocycles. The molecule has 0 fully saturated rings. The summed E-state index contributed by atoms with van der Waals surface area (Å²) < 4.78 is 0. The summed E-state index contributed by atoms with van der Waals surface area (Å²) in [4.78, 5) is 2.57. The second kappa shape index (κ2) is 4.18. The molecule has 0 heterocycles. The summed E-state index contributed by atoms with van der Waals surface area (Å²) >= 11 is 0. The van der Waals surface area contributed by atoms with Gasteiger partial charge in [-0.3, -0.25) is 0 Å². The van der Waals surface area contributed by atoms with Crippen LogP contribution < -0.4 is 0 Å². The van der Waals surface area contributed by atoms with Crippen LogP contribution in [0.15, 0.2) is 5.11 Å². The SMILES string of the molecule is CC[C@H](O)[C@H](C)N=[N+]=[N-]. The Morgan fingerprint density at radius 2 is 2.33 bits per heavy atom. The molecule has 0 saturated heterocycles. The van der Waals surface area contributed by atoms with E-state index in [-0.39, 0.29) is 6.04 Å². The number of azide groups is 1. The third-order valence-corrected chi connectivity index (χ3v) is 1.21. The minimum atomic E-state index is -0.499. The number of hydrogen-bond acceptors (Lipinski definition) is 2. The summed E-state index contributed by atoms with van der Waals surface area (Å²) in [5.74, 6) is 0. The van der Waals surface area contributed by atoms with Crippen molar-refractivity contribution in [2.24, 2.45) is 5.11 Å². The molecule has 0 spiro atoms. The maximum Gasteiger partial charge on any atom is 0.0619 e. The van der Waals surface area contributed by atoms with Crippen molar-refractivity contribution in [3.8, 4) is 0 Å². The van der Waals surface area contributed by atoms with Gasteiger partial charge in [0.05, 0.1) is 12.1 Å². The molecule has 0 unspecified atom stereocenters. The van der Waals surface area contributed by atoms with Crippen molar-refractivity contribution >= 4 is 0 Å². The molecule has 1 N–H and O–H groups in total. The van der Waals surface area contributed by atoms with Crippen LogP contribution in [0.25, 0.3) is 10.4 Å². The Bertz CT molecular complexity index is 119. The van der Waals surface area contributed by atoms with Gasteiger partial charge in [0.25, 0.3) is 0 Å². The van der Waals surface area contributed by atoms with Crippen molar-refractivity contribution in [2.75, 3.05) is 0 Å². The quantitative estimate of drug-likeness (QED) is 0.349. The number of nitrogens with zero attached hydrogens (tertiary/aromatic N) is 3. The van der Waals surface area contributed by atoms with Gasteiger partial charge in [-0.2, -0.15) is 0 Å². The van der Waals surface area contributed by atoms with Gasteiger partial charge in [-0.1, -0.05) is 19.0 Å². The lowest BCUT2D eigenvalue weighted by atomic mass is 10.1. The minimum absolute atomic E-state index is 0.306. The second-order valence-electron chi connectivity index (χ2n) is 1.92. The molecule has 4 heteroatoms. The Morgan fingerprint density at radius 1 is 1.78 bits per heavy atom. The summed E-state index contributed by atoms with van der Waals surface area (Å²) in [7, 11) is 0. The van der Waals surface area contributed by atoms with Crippen LogP contribution in [0.5, 0.6) is 0 Å². The van der Waals surface area contributed by atoms with Gasteiger partial charge < -0.3 is 5.11 Å². The third kappa shape index (κ3) is 2.95. The van der Waals surface area contributed by atoms with E-state index < -0.39 is 6.10 Å². The van der Waals surface area contributed by atoms with E-state index in [1.54, 1.807) is 6.92 Å². The molecule has 0 aromatic rings. The molecule has 0 aliphatic carbocycles. The van der Waals surface area contributed by atoms with Crippen molar-refractivity contribution in [3.63, 3.8) is 0 Å². The van der Waals surface area contributed by atoms with Gasteiger partial charge in [0.15, 0.2) is 0 Å². The summed E-state index contributed by atoms with van der Waals surface area (Å²) in [5, 5.41) is 12.3. The molecule has 52 valence electrons. The van der Waals surface area contributed by atoms with E-state index in [1.807, 2.05) is 6.92 Å². The molecule has 0 rings (SSSR count). The lowest BCUT2D eigenvalue weighted by Gasteiger charge is -2.09. The van der Waals surface area contributed by atoms with E-state index in [1.165, 1.54) is 0 Å². The molecule has 2 atom stereocenters. The first-order valence-corrected chi connectivity index (χ1v) is 2.94. The fourth-order valence-electron chi connectivity index (χ4n) is 0.500. The predicted octanol–water partition coefficient (Wildman–Crippen LogP) is 1.46. The fraction of sp³-hybridized carbons (Fsp3) is 1.00. The van der Waals surface area contributed by atoms with Crippen LogP contribution in [-0.4, -0.2) is 17.3 Å². The molecule has 0 amide bonds. The first kappa shape index (κ1) is 8.27. The van der Waals surface area contributed by atoms with E-state index in [4.69, 9.17) is 10.6 Å². The first-order chi connectivity index (χ1) is 4.22. The van der Waals surface area contributed by atoms with Crippen LogP contribution in [0, 0.1) is 0 Å². The van der Waals surface area contributed by atoms with Gasteiger partial charge in [0, 0.05) is 4.91 Å². The summed E-state index contributed by atoms with van der Waals surface area (Å²) in [6.45, 7) is 3.53. The Hall–Kier alpha value is -0.730. The lowest BCUT2D eigenvalue weighted by molar-refractivity contribution is 0.147. The average molecular weight is 129 g/mol. The number of aliphatic hydroxyl groups is 1. The van der Waals surface area contributed by atoms with Gasteiger partial charge in [-0.15, -0.1) is 0 Å². The van der Waals surface area contributed by atoms with Gasteiger partial charge in [-0.05, 0) is 12.0 Å². The molecule has 0 aliphatic rings. The van der Waals surface area contributed by atoms with Crippen LogP contribution >= 0.6 is 0 Å². The van der Waals surface area contributed by atoms with E-state index in [2.05, 4.69) is 10.0 Å². The molecule has 0 aromatic carbocycles. The molecule has 0 aromatic heterocycles. The molecule has 4 nitrogen and oxygen atoms in total. The molecule has 9 heavy (non-hydrogen) atoms. The smallest absolute Gasteiger partial charge is 0.0619 e. The Kier molecular flexibility index (Phi) is 3.84. The first-order valence-electron chi connectivity index (χ1n) is 2.94. The molecular formula is C5H11N3O. The van der Waals surface area contributed by atoms with Crippen LogP contribution in [0.2, 0.25) is 0 Å². The van der Waals surface area contributed by atoms with Gasteiger partial charge in [0.2, 0.25) is 0 Å². The third-order valence-electron chi connectivity index (χ3n) is 1.21. The minimum Gasteiger partial charge on any atom is -0.393 e. The zero-order valence-electron chi connectivity index (χ0n) is 5.65. The summed E-state index contributed by atoms with van der Waals surface area (Å²) in [6, 6.07) is -0.306. The molecule has 0 radical (unpaired) electrons. The average Bonchev–Trinajstić information content (AvgIpc) is 1.87. The largest absolute Gasteiger partial charge is 0.393 e. The second-order valence-corrected chi connectivity index (χ2v) is 1.92. The highest BCUT2D eigenvalue weighted by Gasteiger charge is 2.07. The van der Waals surface area contributed by atoms with Gasteiger partial charge >= 0.3 is 0 Å². The summed E-state index contributed by atoms with van der Waals surface area (Å²) in [5.41, 5.74) is 7.93. The van der Waals surface area contributed by atoms with Crippen LogP contribution in [0.1, 0.15) is 20.3 Å². The van der Waals surface area contributed by atoms with Crippen molar-refractivity contribution < 1.29 is 5.11 Å². The Labute approximate surface area is 54.1 Å². The van der Waals surface area contributed by atoms with Crippen molar-refractivity contribution in [1.82, 2.24) is 0 Å². The highest BCUT2D eigenvalue weighted by molar-refractivity contribution is 4.68. The molecule has 0 bridgehead atoms. The Morgan fingerprint density at radius 3 is 2.67 bits per heavy atom. The van der Waals surface area contributed by atoms with Crippen LogP contribution in [-0.2, 0) is 0 Å². The molecule has 0 aliphatic heterocycles. The highest BCUT2D eigenvalue weighted by Crippen LogP contribution is 2.01. The lowest BCUT2D eigenvalue weighted by Crippen LogP contribution is -2.18. The normalized spacial score (nSPS) is 15.9.